The first-order chi connectivity index (χ1) is 16.5. The minimum Gasteiger partial charge on any atom is -0.497 e. The highest BCUT2D eigenvalue weighted by Gasteiger charge is 2.42. The van der Waals surface area contributed by atoms with Crippen LogP contribution < -0.4 is 20.4 Å². The lowest BCUT2D eigenvalue weighted by atomic mass is 9.75. The van der Waals surface area contributed by atoms with Crippen LogP contribution in [0.15, 0.2) is 115 Å². The number of methoxy groups -OCH3 is 1. The molecule has 0 aliphatic heterocycles. The Morgan fingerprint density at radius 2 is 1.26 bits per heavy atom. The van der Waals surface area contributed by atoms with Crippen molar-refractivity contribution in [2.45, 2.75) is 18.4 Å². The van der Waals surface area contributed by atoms with E-state index in [-0.39, 0.29) is 0 Å². The van der Waals surface area contributed by atoms with E-state index < -0.39 is 18.7 Å². The third-order valence-corrected chi connectivity index (χ3v) is 8.86. The van der Waals surface area contributed by atoms with Crippen molar-refractivity contribution in [1.29, 1.82) is 5.26 Å². The molecule has 170 valence electrons. The van der Waals surface area contributed by atoms with Crippen LogP contribution in [0.4, 0.5) is 0 Å². The Labute approximate surface area is 201 Å². The minimum atomic E-state index is -3.33. The van der Waals surface area contributed by atoms with Crippen LogP contribution in [0.3, 0.4) is 0 Å². The second kappa shape index (κ2) is 10.1. The predicted octanol–water partition coefficient (Wildman–Crippen LogP) is 5.74. The van der Waals surface area contributed by atoms with Gasteiger partial charge in [-0.25, -0.2) is 0 Å². The summed E-state index contributed by atoms with van der Waals surface area (Å²) in [7, 11) is -1.71. The first-order valence-corrected chi connectivity index (χ1v) is 12.8. The largest absolute Gasteiger partial charge is 0.497 e. The van der Waals surface area contributed by atoms with Crippen molar-refractivity contribution in [3.05, 3.63) is 126 Å². The van der Waals surface area contributed by atoms with Gasteiger partial charge in [0.2, 0.25) is 7.29 Å². The zero-order chi connectivity index (χ0) is 24.0. The molecule has 4 nitrogen and oxygen atoms in total. The molecule has 0 spiro atoms. The monoisotopic (exact) mass is 466 g/mol. The molecule has 0 heterocycles. The van der Waals surface area contributed by atoms with Gasteiger partial charge in [0, 0.05) is 10.6 Å². The fourth-order valence-electron chi connectivity index (χ4n) is 4.17. The van der Waals surface area contributed by atoms with Gasteiger partial charge in [-0.05, 0) is 54.4 Å². The van der Waals surface area contributed by atoms with E-state index in [1.54, 1.807) is 7.11 Å². The third-order valence-electron chi connectivity index (χ3n) is 6.18. The van der Waals surface area contributed by atoms with Crippen LogP contribution in [0.5, 0.6) is 5.75 Å². The zero-order valence-corrected chi connectivity index (χ0v) is 20.2. The van der Waals surface area contributed by atoms with Crippen molar-refractivity contribution in [3.8, 4) is 11.8 Å². The molecule has 0 aromatic heterocycles. The van der Waals surface area contributed by atoms with Crippen molar-refractivity contribution in [1.82, 2.24) is 5.09 Å². The van der Waals surface area contributed by atoms with Crippen molar-refractivity contribution in [3.63, 3.8) is 0 Å². The normalized spacial score (nSPS) is 13.9. The van der Waals surface area contributed by atoms with Crippen molar-refractivity contribution in [2.75, 3.05) is 7.11 Å². The average molecular weight is 467 g/mol. The lowest BCUT2D eigenvalue weighted by Gasteiger charge is -2.36. The summed E-state index contributed by atoms with van der Waals surface area (Å²) in [6, 6.07) is 38.0. The molecule has 0 amide bonds. The number of nitrogens with one attached hydrogen (secondary N) is 1. The molecule has 5 heteroatoms. The van der Waals surface area contributed by atoms with E-state index in [9.17, 15) is 9.83 Å². The van der Waals surface area contributed by atoms with Gasteiger partial charge in [0.05, 0.1) is 24.6 Å². The molecule has 0 saturated heterocycles. The van der Waals surface area contributed by atoms with Gasteiger partial charge in [0.15, 0.2) is 0 Å². The van der Waals surface area contributed by atoms with E-state index in [0.29, 0.717) is 10.6 Å². The summed E-state index contributed by atoms with van der Waals surface area (Å²) in [6.07, 6.45) is 0. The van der Waals surface area contributed by atoms with Crippen molar-refractivity contribution >= 4 is 17.9 Å². The first kappa shape index (κ1) is 23.5. The van der Waals surface area contributed by atoms with Crippen LogP contribution in [0.2, 0.25) is 0 Å². The van der Waals surface area contributed by atoms with Crippen LogP contribution in [0.25, 0.3) is 0 Å². The topological polar surface area (TPSA) is 62.1 Å². The second-order valence-corrected chi connectivity index (χ2v) is 10.8. The Kier molecular flexibility index (Phi) is 6.98. The van der Waals surface area contributed by atoms with Crippen LogP contribution in [-0.4, -0.2) is 7.11 Å². The number of nitrogens with zero attached hydrogens (tertiary/aromatic N) is 1. The molecule has 0 saturated carbocycles. The van der Waals surface area contributed by atoms with E-state index in [2.05, 4.69) is 11.2 Å². The summed E-state index contributed by atoms with van der Waals surface area (Å²) in [4.78, 5) is 0. The summed E-state index contributed by atoms with van der Waals surface area (Å²) in [6.45, 7) is 1.89. The van der Waals surface area contributed by atoms with E-state index in [0.717, 1.165) is 16.9 Å². The molecule has 4 aromatic carbocycles. The fraction of sp³-hybridized carbons (Fsp3) is 0.138. The molecule has 4 aromatic rings. The molecule has 4 rings (SSSR count). The Morgan fingerprint density at radius 3 is 1.71 bits per heavy atom. The van der Waals surface area contributed by atoms with E-state index >= 15 is 0 Å². The smallest absolute Gasteiger partial charge is 0.205 e. The van der Waals surface area contributed by atoms with Gasteiger partial charge in [-0.15, -0.1) is 0 Å². The second-order valence-electron chi connectivity index (χ2n) is 8.30. The molecule has 2 atom stereocenters. The van der Waals surface area contributed by atoms with Gasteiger partial charge in [-0.1, -0.05) is 78.9 Å². The zero-order valence-electron chi connectivity index (χ0n) is 19.3. The van der Waals surface area contributed by atoms with Crippen LogP contribution in [-0.2, 0) is 9.98 Å². The van der Waals surface area contributed by atoms with Gasteiger partial charge in [-0.2, -0.15) is 5.26 Å². The Balaban J connectivity index is 1.92. The van der Waals surface area contributed by atoms with Crippen LogP contribution >= 0.6 is 7.29 Å². The lowest BCUT2D eigenvalue weighted by Crippen LogP contribution is -2.41. The molecule has 0 fully saturated rings. The minimum absolute atomic E-state index is 0.572. The lowest BCUT2D eigenvalue weighted by molar-refractivity contribution is 0.413. The Morgan fingerprint density at radius 1 is 0.794 bits per heavy atom. The number of benzene rings is 4. The molecule has 0 aliphatic carbocycles. The number of nitriles is 1. The summed E-state index contributed by atoms with van der Waals surface area (Å²) in [5, 5.41) is 15.4. The summed E-state index contributed by atoms with van der Waals surface area (Å²) >= 11 is 0. The number of ether oxygens (including phenoxy) is 1. The maximum absolute atomic E-state index is 14.9. The van der Waals surface area contributed by atoms with Gasteiger partial charge >= 0.3 is 0 Å². The Hall–Kier alpha value is -3.64. The molecular weight excluding hydrogens is 439 g/mol. The summed E-state index contributed by atoms with van der Waals surface area (Å²) in [5.41, 5.74) is 0.689. The van der Waals surface area contributed by atoms with Crippen LogP contribution in [0.1, 0.15) is 24.1 Å². The summed E-state index contributed by atoms with van der Waals surface area (Å²) in [5.74, 6) is 0.718. The molecule has 0 radical (unpaired) electrons. The van der Waals surface area contributed by atoms with Gasteiger partial charge < -0.3 is 4.74 Å². The maximum Gasteiger partial charge on any atom is 0.205 e. The predicted molar refractivity (Wildman–Crippen MR) is 138 cm³/mol. The highest BCUT2D eigenvalue weighted by atomic mass is 31.2. The molecule has 0 bridgehead atoms. The first-order valence-electron chi connectivity index (χ1n) is 11.1. The average Bonchev–Trinajstić information content (AvgIpc) is 2.92. The van der Waals surface area contributed by atoms with Crippen molar-refractivity contribution in [2.24, 2.45) is 0 Å². The fourth-order valence-corrected chi connectivity index (χ4v) is 6.72. The number of rotatable bonds is 8. The molecule has 0 unspecified atom stereocenters. The van der Waals surface area contributed by atoms with Gasteiger partial charge in [0.25, 0.3) is 0 Å². The van der Waals surface area contributed by atoms with E-state index in [1.165, 1.54) is 0 Å². The molecule has 1 N–H and O–H groups in total. The number of hydrogen-bond acceptors (Lipinski definition) is 3. The quantitative estimate of drug-likeness (QED) is 0.337. The molecule has 34 heavy (non-hydrogen) atoms. The van der Waals surface area contributed by atoms with Crippen LogP contribution in [0, 0.1) is 11.3 Å². The number of hydrogen-bond donors (Lipinski definition) is 1. The van der Waals surface area contributed by atoms with E-state index in [1.807, 2.05) is 122 Å². The third kappa shape index (κ3) is 4.54. The van der Waals surface area contributed by atoms with Gasteiger partial charge in [0.1, 0.15) is 5.75 Å². The van der Waals surface area contributed by atoms with E-state index in [4.69, 9.17) is 4.74 Å². The molecular formula is C29H27N2O2P. The summed E-state index contributed by atoms with van der Waals surface area (Å²) < 4.78 is 20.2. The molecule has 0 aliphatic rings. The highest BCUT2D eigenvalue weighted by molar-refractivity contribution is 7.76. The maximum atomic E-state index is 14.9. The standard InChI is InChI=1S/C29H27N2O2P/c1-29(22-30,24-12-6-3-7-13-24)28(23-18-20-25(33-2)21-19-23)31-34(32,26-14-8-4-9-15-26)27-16-10-5-11-17-27/h3-21,28H,1-2H3,(H,31,32)/t28-,29-/m1/s1. The van der Waals surface area contributed by atoms with Gasteiger partial charge in [-0.3, -0.25) is 9.65 Å². The SMILES string of the molecule is COc1ccc([C@@H](NP(=O)(c2ccccc2)c2ccccc2)[C@](C)(C#N)c2ccccc2)cc1. The highest BCUT2D eigenvalue weighted by Crippen LogP contribution is 2.47. The Bertz CT molecular complexity index is 1260. The van der Waals surface area contributed by atoms with Crippen molar-refractivity contribution < 1.29 is 9.30 Å².